The summed E-state index contributed by atoms with van der Waals surface area (Å²) in [7, 11) is 0. The standard InChI is InChI=1S/C20H27N3O3S/c1-13-9-23(6-4-8-25-13)20(24)18-12-27-19-11-22(7-5-16(18)19)10-17-14(2)21-26-15(17)3/h12-13H,4-11H2,1-3H3/t13-/m1/s1. The fraction of sp³-hybridized carbons (Fsp3) is 0.600. The number of carbonyl (C=O) groups is 1. The normalized spacial score (nSPS) is 21.1. The highest BCUT2D eigenvalue weighted by molar-refractivity contribution is 7.10. The molecule has 0 unspecified atom stereocenters. The number of rotatable bonds is 3. The Bertz CT molecular complexity index is 809. The minimum absolute atomic E-state index is 0.108. The minimum Gasteiger partial charge on any atom is -0.377 e. The quantitative estimate of drug-likeness (QED) is 0.807. The summed E-state index contributed by atoms with van der Waals surface area (Å²) in [4.78, 5) is 18.8. The van der Waals surface area contributed by atoms with Gasteiger partial charge in [0.2, 0.25) is 0 Å². The van der Waals surface area contributed by atoms with Gasteiger partial charge in [0.05, 0.1) is 17.4 Å². The lowest BCUT2D eigenvalue weighted by molar-refractivity contribution is 0.0562. The van der Waals surface area contributed by atoms with Gasteiger partial charge in [0.25, 0.3) is 5.91 Å². The van der Waals surface area contributed by atoms with Crippen LogP contribution in [0.5, 0.6) is 0 Å². The van der Waals surface area contributed by atoms with Crippen molar-refractivity contribution in [3.63, 3.8) is 0 Å². The maximum atomic E-state index is 13.1. The lowest BCUT2D eigenvalue weighted by Crippen LogP contribution is -2.37. The SMILES string of the molecule is Cc1noc(C)c1CN1CCc2c(C(=O)N3CCCO[C@H](C)C3)csc2C1. The summed E-state index contributed by atoms with van der Waals surface area (Å²) in [6, 6.07) is 0. The molecule has 0 bridgehead atoms. The molecule has 0 aliphatic carbocycles. The Hall–Kier alpha value is -1.70. The molecule has 4 rings (SSSR count). The number of ether oxygens (including phenoxy) is 1. The molecule has 2 aliphatic heterocycles. The van der Waals surface area contributed by atoms with Gasteiger partial charge in [-0.15, -0.1) is 11.3 Å². The first kappa shape index (κ1) is 18.7. The lowest BCUT2D eigenvalue weighted by Gasteiger charge is -2.28. The van der Waals surface area contributed by atoms with Crippen molar-refractivity contribution in [3.05, 3.63) is 38.4 Å². The summed E-state index contributed by atoms with van der Waals surface area (Å²) in [6.07, 6.45) is 1.94. The van der Waals surface area contributed by atoms with Crippen LogP contribution >= 0.6 is 11.3 Å². The van der Waals surface area contributed by atoms with Crippen LogP contribution in [0.4, 0.5) is 0 Å². The highest BCUT2D eigenvalue weighted by Gasteiger charge is 2.28. The average molecular weight is 390 g/mol. The molecule has 0 saturated carbocycles. The molecule has 0 aromatic carbocycles. The van der Waals surface area contributed by atoms with E-state index in [1.165, 1.54) is 16.0 Å². The number of hydrogen-bond donors (Lipinski definition) is 0. The van der Waals surface area contributed by atoms with Crippen molar-refractivity contribution in [2.24, 2.45) is 0 Å². The molecule has 4 heterocycles. The zero-order valence-corrected chi connectivity index (χ0v) is 17.1. The van der Waals surface area contributed by atoms with E-state index >= 15 is 0 Å². The van der Waals surface area contributed by atoms with Gasteiger partial charge in [-0.1, -0.05) is 5.16 Å². The van der Waals surface area contributed by atoms with Crippen molar-refractivity contribution in [1.29, 1.82) is 0 Å². The highest BCUT2D eigenvalue weighted by Crippen LogP contribution is 2.31. The predicted octanol–water partition coefficient (Wildman–Crippen LogP) is 3.16. The van der Waals surface area contributed by atoms with E-state index in [-0.39, 0.29) is 12.0 Å². The van der Waals surface area contributed by atoms with Crippen LogP contribution in [0.1, 0.15) is 51.2 Å². The first-order chi connectivity index (χ1) is 13.0. The second kappa shape index (κ2) is 7.73. The fourth-order valence-electron chi connectivity index (χ4n) is 4.00. The van der Waals surface area contributed by atoms with Gasteiger partial charge in [0, 0.05) is 55.2 Å². The average Bonchev–Trinajstić information content (AvgIpc) is 3.13. The van der Waals surface area contributed by atoms with E-state index in [9.17, 15) is 4.79 Å². The number of amides is 1. The summed E-state index contributed by atoms with van der Waals surface area (Å²) in [6.45, 7) is 10.9. The van der Waals surface area contributed by atoms with Crippen LogP contribution in [-0.2, 0) is 24.2 Å². The van der Waals surface area contributed by atoms with Crippen molar-refractivity contribution in [1.82, 2.24) is 15.0 Å². The zero-order valence-electron chi connectivity index (χ0n) is 16.3. The number of fused-ring (bicyclic) bond motifs is 1. The molecule has 146 valence electrons. The first-order valence-corrected chi connectivity index (χ1v) is 10.5. The van der Waals surface area contributed by atoms with Crippen LogP contribution in [0.2, 0.25) is 0 Å². The van der Waals surface area contributed by atoms with E-state index in [2.05, 4.69) is 15.4 Å². The van der Waals surface area contributed by atoms with E-state index in [1.54, 1.807) is 11.3 Å². The van der Waals surface area contributed by atoms with E-state index in [4.69, 9.17) is 9.26 Å². The van der Waals surface area contributed by atoms with Gasteiger partial charge in [-0.2, -0.15) is 0 Å². The maximum absolute atomic E-state index is 13.1. The molecule has 2 aromatic heterocycles. The molecule has 0 radical (unpaired) electrons. The van der Waals surface area contributed by atoms with Crippen molar-refractivity contribution in [3.8, 4) is 0 Å². The Morgan fingerprint density at radius 2 is 2.22 bits per heavy atom. The molecule has 1 saturated heterocycles. The predicted molar refractivity (Wildman–Crippen MR) is 104 cm³/mol. The molecular formula is C20H27N3O3S. The molecule has 27 heavy (non-hydrogen) atoms. The number of hydrogen-bond acceptors (Lipinski definition) is 6. The monoisotopic (exact) mass is 389 g/mol. The highest BCUT2D eigenvalue weighted by atomic mass is 32.1. The Morgan fingerprint density at radius 3 is 3.00 bits per heavy atom. The number of carbonyl (C=O) groups excluding carboxylic acids is 1. The fourth-order valence-corrected chi connectivity index (χ4v) is 5.11. The number of aryl methyl sites for hydroxylation is 2. The molecule has 0 spiro atoms. The first-order valence-electron chi connectivity index (χ1n) is 9.67. The smallest absolute Gasteiger partial charge is 0.255 e. The van der Waals surface area contributed by atoms with Crippen molar-refractivity contribution in [2.45, 2.75) is 52.8 Å². The number of aromatic nitrogens is 1. The maximum Gasteiger partial charge on any atom is 0.255 e. The van der Waals surface area contributed by atoms with Gasteiger partial charge < -0.3 is 14.2 Å². The van der Waals surface area contributed by atoms with E-state index in [0.29, 0.717) is 6.54 Å². The molecule has 6 nitrogen and oxygen atoms in total. The summed E-state index contributed by atoms with van der Waals surface area (Å²) in [5.74, 6) is 1.07. The van der Waals surface area contributed by atoms with Gasteiger partial charge in [-0.05, 0) is 39.2 Å². The lowest BCUT2D eigenvalue weighted by atomic mass is 10.0. The molecule has 2 aromatic rings. The van der Waals surface area contributed by atoms with Crippen LogP contribution in [0.15, 0.2) is 9.90 Å². The largest absolute Gasteiger partial charge is 0.377 e. The Labute approximate surface area is 164 Å². The zero-order chi connectivity index (χ0) is 19.0. The van der Waals surface area contributed by atoms with Crippen LogP contribution in [0, 0.1) is 13.8 Å². The molecule has 1 amide bonds. The Kier molecular flexibility index (Phi) is 5.34. The summed E-state index contributed by atoms with van der Waals surface area (Å²) < 4.78 is 11.0. The molecule has 1 atom stereocenters. The molecule has 1 fully saturated rings. The second-order valence-corrected chi connectivity index (χ2v) is 8.56. The second-order valence-electron chi connectivity index (χ2n) is 7.60. The van der Waals surface area contributed by atoms with Crippen LogP contribution in [0.3, 0.4) is 0 Å². The van der Waals surface area contributed by atoms with Crippen molar-refractivity contribution in [2.75, 3.05) is 26.2 Å². The van der Waals surface area contributed by atoms with Gasteiger partial charge in [0.15, 0.2) is 0 Å². The summed E-state index contributed by atoms with van der Waals surface area (Å²) in [5, 5.41) is 6.12. The van der Waals surface area contributed by atoms with Gasteiger partial charge in [-0.3, -0.25) is 9.69 Å². The summed E-state index contributed by atoms with van der Waals surface area (Å²) in [5.41, 5.74) is 4.31. The molecule has 0 N–H and O–H groups in total. The third-order valence-corrected chi connectivity index (χ3v) is 6.57. The Balaban J connectivity index is 1.47. The molecular weight excluding hydrogens is 362 g/mol. The van der Waals surface area contributed by atoms with Crippen molar-refractivity contribution >= 4 is 17.2 Å². The van der Waals surface area contributed by atoms with Crippen molar-refractivity contribution < 1.29 is 14.1 Å². The van der Waals surface area contributed by atoms with E-state index < -0.39 is 0 Å². The minimum atomic E-state index is 0.108. The molecule has 7 heteroatoms. The third kappa shape index (κ3) is 3.81. The molecule has 2 aliphatic rings. The van der Waals surface area contributed by atoms with Gasteiger partial charge in [0.1, 0.15) is 5.76 Å². The topological polar surface area (TPSA) is 58.8 Å². The van der Waals surface area contributed by atoms with Crippen LogP contribution < -0.4 is 0 Å². The van der Waals surface area contributed by atoms with Gasteiger partial charge >= 0.3 is 0 Å². The van der Waals surface area contributed by atoms with E-state index in [0.717, 1.165) is 62.6 Å². The third-order valence-electron chi connectivity index (χ3n) is 5.56. The van der Waals surface area contributed by atoms with E-state index in [1.807, 2.05) is 25.7 Å². The van der Waals surface area contributed by atoms with Crippen LogP contribution in [-0.4, -0.2) is 53.2 Å². The number of thiophene rings is 1. The summed E-state index contributed by atoms with van der Waals surface area (Å²) >= 11 is 1.72. The van der Waals surface area contributed by atoms with Gasteiger partial charge in [-0.25, -0.2) is 0 Å². The number of nitrogens with zero attached hydrogens (tertiary/aromatic N) is 3. The Morgan fingerprint density at radius 1 is 1.37 bits per heavy atom. The van der Waals surface area contributed by atoms with Crippen LogP contribution in [0.25, 0.3) is 0 Å².